The van der Waals surface area contributed by atoms with E-state index in [9.17, 15) is 14.4 Å². The number of nitrogens with zero attached hydrogens (tertiary/aromatic N) is 3. The summed E-state index contributed by atoms with van der Waals surface area (Å²) in [6.45, 7) is 12.0. The van der Waals surface area contributed by atoms with Crippen molar-refractivity contribution in [3.63, 3.8) is 0 Å². The normalized spacial score (nSPS) is 19.6. The molecule has 2 aliphatic rings. The molecule has 2 fully saturated rings. The molecule has 0 radical (unpaired) electrons. The standard InChI is InChI=1S/C24H31N3O3/c1-4-12-25(13-5-2)23(29)19-10-14-26(15-11-19)24(30)20-16-22(28)27(17-20)21-8-6-18(3)7-9-21/h4-9,19-20H,1-2,10-17H2,3H3. The molecule has 1 aromatic carbocycles. The fourth-order valence-corrected chi connectivity index (χ4v) is 4.28. The summed E-state index contributed by atoms with van der Waals surface area (Å²) in [7, 11) is 0. The van der Waals surface area contributed by atoms with Crippen molar-refractivity contribution in [3.05, 3.63) is 55.1 Å². The molecule has 0 bridgehead atoms. The monoisotopic (exact) mass is 409 g/mol. The van der Waals surface area contributed by atoms with Gasteiger partial charge < -0.3 is 14.7 Å². The summed E-state index contributed by atoms with van der Waals surface area (Å²) in [5.41, 5.74) is 1.98. The Bertz CT molecular complexity index is 799. The number of amides is 3. The largest absolute Gasteiger partial charge is 0.342 e. The lowest BCUT2D eigenvalue weighted by molar-refractivity contribution is -0.142. The van der Waals surface area contributed by atoms with E-state index in [4.69, 9.17) is 0 Å². The molecular weight excluding hydrogens is 378 g/mol. The van der Waals surface area contributed by atoms with Gasteiger partial charge in [-0.15, -0.1) is 13.2 Å². The van der Waals surface area contributed by atoms with E-state index in [0.717, 1.165) is 11.3 Å². The molecule has 1 aromatic rings. The minimum absolute atomic E-state index is 0.00763. The zero-order chi connectivity index (χ0) is 21.7. The first-order valence-electron chi connectivity index (χ1n) is 10.6. The maximum atomic E-state index is 13.0. The molecule has 6 nitrogen and oxygen atoms in total. The van der Waals surface area contributed by atoms with Crippen LogP contribution in [0.25, 0.3) is 0 Å². The van der Waals surface area contributed by atoms with Crippen LogP contribution in [0.3, 0.4) is 0 Å². The summed E-state index contributed by atoms with van der Waals surface area (Å²) in [5.74, 6) is -0.277. The summed E-state index contributed by atoms with van der Waals surface area (Å²) >= 11 is 0. The second kappa shape index (κ2) is 9.74. The molecule has 6 heteroatoms. The van der Waals surface area contributed by atoms with Crippen LogP contribution in [0.1, 0.15) is 24.8 Å². The Balaban J connectivity index is 1.56. The summed E-state index contributed by atoms with van der Waals surface area (Å²) < 4.78 is 0. The molecule has 30 heavy (non-hydrogen) atoms. The number of anilines is 1. The highest BCUT2D eigenvalue weighted by Crippen LogP contribution is 2.28. The zero-order valence-corrected chi connectivity index (χ0v) is 17.8. The Kier molecular flexibility index (Phi) is 7.08. The smallest absolute Gasteiger partial charge is 0.228 e. The first-order valence-corrected chi connectivity index (χ1v) is 10.6. The first-order chi connectivity index (χ1) is 14.4. The van der Waals surface area contributed by atoms with Crippen molar-refractivity contribution in [1.29, 1.82) is 0 Å². The van der Waals surface area contributed by atoms with Crippen LogP contribution < -0.4 is 4.90 Å². The summed E-state index contributed by atoms with van der Waals surface area (Å²) in [5, 5.41) is 0. The van der Waals surface area contributed by atoms with Crippen LogP contribution in [-0.4, -0.2) is 60.2 Å². The summed E-state index contributed by atoms with van der Waals surface area (Å²) in [4.78, 5) is 43.5. The van der Waals surface area contributed by atoms with Gasteiger partial charge in [0.1, 0.15) is 0 Å². The van der Waals surface area contributed by atoms with Gasteiger partial charge in [-0.1, -0.05) is 29.8 Å². The van der Waals surface area contributed by atoms with Gasteiger partial charge in [0.15, 0.2) is 0 Å². The molecule has 2 saturated heterocycles. The van der Waals surface area contributed by atoms with Crippen LogP contribution in [0.5, 0.6) is 0 Å². The van der Waals surface area contributed by atoms with E-state index in [1.165, 1.54) is 0 Å². The van der Waals surface area contributed by atoms with Crippen LogP contribution in [0.4, 0.5) is 5.69 Å². The predicted octanol–water partition coefficient (Wildman–Crippen LogP) is 2.79. The fourth-order valence-electron chi connectivity index (χ4n) is 4.28. The van der Waals surface area contributed by atoms with Crippen molar-refractivity contribution in [2.24, 2.45) is 11.8 Å². The number of hydrogen-bond acceptors (Lipinski definition) is 3. The highest BCUT2D eigenvalue weighted by molar-refractivity contribution is 6.00. The molecule has 0 aliphatic carbocycles. The van der Waals surface area contributed by atoms with E-state index in [-0.39, 0.29) is 36.0 Å². The van der Waals surface area contributed by atoms with Crippen molar-refractivity contribution in [3.8, 4) is 0 Å². The van der Waals surface area contributed by atoms with Crippen LogP contribution >= 0.6 is 0 Å². The van der Waals surface area contributed by atoms with E-state index in [2.05, 4.69) is 13.2 Å². The number of carbonyl (C=O) groups is 3. The molecule has 3 amide bonds. The maximum absolute atomic E-state index is 13.0. The quantitative estimate of drug-likeness (QED) is 0.651. The highest BCUT2D eigenvalue weighted by Gasteiger charge is 2.39. The number of carbonyl (C=O) groups excluding carboxylic acids is 3. The van der Waals surface area contributed by atoms with Crippen LogP contribution in [-0.2, 0) is 14.4 Å². The molecule has 0 N–H and O–H groups in total. The van der Waals surface area contributed by atoms with Crippen LogP contribution in [0.15, 0.2) is 49.6 Å². The Hall–Kier alpha value is -2.89. The third-order valence-corrected chi connectivity index (χ3v) is 5.99. The minimum atomic E-state index is -0.316. The van der Waals surface area contributed by atoms with Crippen molar-refractivity contribution in [1.82, 2.24) is 9.80 Å². The molecule has 1 unspecified atom stereocenters. The third kappa shape index (κ3) is 4.81. The van der Waals surface area contributed by atoms with Crippen molar-refractivity contribution in [2.75, 3.05) is 37.6 Å². The SMILES string of the molecule is C=CCN(CC=C)C(=O)C1CCN(C(=O)C2CC(=O)N(c3ccc(C)cc3)C2)CC1. The number of rotatable bonds is 7. The Morgan fingerprint density at radius 3 is 2.23 bits per heavy atom. The molecule has 3 rings (SSSR count). The zero-order valence-electron chi connectivity index (χ0n) is 17.8. The second-order valence-electron chi connectivity index (χ2n) is 8.16. The highest BCUT2D eigenvalue weighted by atomic mass is 16.2. The van der Waals surface area contributed by atoms with Gasteiger partial charge in [-0.3, -0.25) is 14.4 Å². The van der Waals surface area contributed by atoms with Crippen molar-refractivity contribution < 1.29 is 14.4 Å². The molecule has 0 saturated carbocycles. The molecule has 0 aromatic heterocycles. The van der Waals surface area contributed by atoms with E-state index < -0.39 is 0 Å². The Labute approximate surface area is 178 Å². The average Bonchev–Trinajstić information content (AvgIpc) is 3.15. The molecule has 1 atom stereocenters. The fraction of sp³-hybridized carbons (Fsp3) is 0.458. The number of piperidine rings is 1. The van der Waals surface area contributed by atoms with Crippen LogP contribution in [0.2, 0.25) is 0 Å². The van der Waals surface area contributed by atoms with Gasteiger partial charge in [-0.25, -0.2) is 0 Å². The van der Waals surface area contributed by atoms with E-state index in [1.807, 2.05) is 36.1 Å². The van der Waals surface area contributed by atoms with Gasteiger partial charge in [0.25, 0.3) is 0 Å². The lowest BCUT2D eigenvalue weighted by Crippen LogP contribution is -2.46. The van der Waals surface area contributed by atoms with Gasteiger partial charge in [0.05, 0.1) is 5.92 Å². The molecule has 0 spiro atoms. The summed E-state index contributed by atoms with van der Waals surface area (Å²) in [6, 6.07) is 7.80. The van der Waals surface area contributed by atoms with Crippen molar-refractivity contribution in [2.45, 2.75) is 26.2 Å². The first kappa shape index (κ1) is 21.8. The minimum Gasteiger partial charge on any atom is -0.342 e. The lowest BCUT2D eigenvalue weighted by atomic mass is 9.94. The van der Waals surface area contributed by atoms with Gasteiger partial charge in [0, 0.05) is 50.7 Å². The summed E-state index contributed by atoms with van der Waals surface area (Å²) in [6.07, 6.45) is 4.99. The topological polar surface area (TPSA) is 60.9 Å². The number of likely N-dealkylation sites (tertiary alicyclic amines) is 1. The van der Waals surface area contributed by atoms with E-state index in [0.29, 0.717) is 45.6 Å². The molecule has 2 aliphatic heterocycles. The number of benzene rings is 1. The number of aryl methyl sites for hydroxylation is 1. The van der Waals surface area contributed by atoms with Crippen LogP contribution in [0, 0.1) is 18.8 Å². The van der Waals surface area contributed by atoms with Gasteiger partial charge >= 0.3 is 0 Å². The van der Waals surface area contributed by atoms with Crippen molar-refractivity contribution >= 4 is 23.4 Å². The predicted molar refractivity (Wildman–Crippen MR) is 118 cm³/mol. The Morgan fingerprint density at radius 2 is 1.67 bits per heavy atom. The lowest BCUT2D eigenvalue weighted by Gasteiger charge is -2.35. The average molecular weight is 410 g/mol. The Morgan fingerprint density at radius 1 is 1.07 bits per heavy atom. The van der Waals surface area contributed by atoms with Gasteiger partial charge in [-0.2, -0.15) is 0 Å². The maximum Gasteiger partial charge on any atom is 0.228 e. The van der Waals surface area contributed by atoms with E-state index >= 15 is 0 Å². The van der Waals surface area contributed by atoms with Gasteiger partial charge in [0.2, 0.25) is 17.7 Å². The molecular formula is C24H31N3O3. The molecule has 160 valence electrons. The van der Waals surface area contributed by atoms with Gasteiger partial charge in [-0.05, 0) is 31.9 Å². The number of hydrogen-bond donors (Lipinski definition) is 0. The van der Waals surface area contributed by atoms with E-state index in [1.54, 1.807) is 22.0 Å². The second-order valence-corrected chi connectivity index (χ2v) is 8.16. The third-order valence-electron chi connectivity index (χ3n) is 5.99. The molecule has 2 heterocycles.